The van der Waals surface area contributed by atoms with Crippen molar-refractivity contribution >= 4 is 23.2 Å². The number of hydrogen-bond donors (Lipinski definition) is 0. The van der Waals surface area contributed by atoms with Crippen LogP contribution in [-0.4, -0.2) is 40.4 Å². The minimum atomic E-state index is -0.772. The van der Waals surface area contributed by atoms with Crippen LogP contribution in [0.2, 0.25) is 10.0 Å². The number of tetrazole rings is 2. The second-order valence-corrected chi connectivity index (χ2v) is 6.12. The number of benzene rings is 2. The average Bonchev–Trinajstić information content (AvgIpc) is 3.31. The lowest BCUT2D eigenvalue weighted by molar-refractivity contribution is 0.598. The zero-order valence-corrected chi connectivity index (χ0v) is 14.8. The van der Waals surface area contributed by atoms with Crippen molar-refractivity contribution in [1.29, 1.82) is 0 Å². The van der Waals surface area contributed by atoms with Gasteiger partial charge in [0, 0.05) is 0 Å². The molecular formula is C15H8Cl2F2N8. The van der Waals surface area contributed by atoms with Crippen molar-refractivity contribution in [3.63, 3.8) is 0 Å². The third-order valence-corrected chi connectivity index (χ3v) is 4.49. The molecule has 0 atom stereocenters. The monoisotopic (exact) mass is 408 g/mol. The summed E-state index contributed by atoms with van der Waals surface area (Å²) in [5, 5.41) is 22.3. The highest BCUT2D eigenvalue weighted by molar-refractivity contribution is 6.42. The summed E-state index contributed by atoms with van der Waals surface area (Å²) in [7, 11) is 0. The molecule has 0 aliphatic rings. The molecule has 2 heterocycles. The minimum absolute atomic E-state index is 0.00796. The fourth-order valence-corrected chi connectivity index (χ4v) is 2.76. The van der Waals surface area contributed by atoms with Gasteiger partial charge >= 0.3 is 0 Å². The lowest BCUT2D eigenvalue weighted by Crippen LogP contribution is -2.11. The van der Waals surface area contributed by atoms with Crippen molar-refractivity contribution in [1.82, 2.24) is 40.4 Å². The van der Waals surface area contributed by atoms with Gasteiger partial charge in [-0.2, -0.15) is 9.36 Å². The molecule has 2 aromatic heterocycles. The summed E-state index contributed by atoms with van der Waals surface area (Å²) in [6.45, 7) is 0. The molecule has 12 heteroatoms. The molecule has 0 aliphatic heterocycles. The molecule has 0 spiro atoms. The van der Waals surface area contributed by atoms with Crippen LogP contribution < -0.4 is 0 Å². The molecule has 0 aliphatic carbocycles. The lowest BCUT2D eigenvalue weighted by Gasteiger charge is -2.08. The molecule has 0 N–H and O–H groups in total. The Morgan fingerprint density at radius 3 is 2.11 bits per heavy atom. The Morgan fingerprint density at radius 1 is 0.815 bits per heavy atom. The van der Waals surface area contributed by atoms with Crippen molar-refractivity contribution in [2.75, 3.05) is 0 Å². The highest BCUT2D eigenvalue weighted by atomic mass is 35.5. The second kappa shape index (κ2) is 6.97. The van der Waals surface area contributed by atoms with Crippen LogP contribution in [0, 0.1) is 11.6 Å². The molecule has 8 nitrogen and oxygen atoms in total. The Labute approximate surface area is 160 Å². The smallest absolute Gasteiger partial charge is 0.169 e. The van der Waals surface area contributed by atoms with Gasteiger partial charge in [-0.05, 0) is 45.1 Å². The molecule has 0 amide bonds. The van der Waals surface area contributed by atoms with Gasteiger partial charge in [-0.25, -0.2) is 8.78 Å². The molecule has 136 valence electrons. The van der Waals surface area contributed by atoms with E-state index in [4.69, 9.17) is 23.2 Å². The molecule has 0 fully saturated rings. The van der Waals surface area contributed by atoms with E-state index in [2.05, 4.69) is 31.1 Å². The van der Waals surface area contributed by atoms with Gasteiger partial charge in [0.1, 0.15) is 17.2 Å². The van der Waals surface area contributed by atoms with Crippen molar-refractivity contribution in [3.8, 4) is 11.4 Å². The van der Waals surface area contributed by atoms with Crippen LogP contribution in [0.4, 0.5) is 8.78 Å². The third-order valence-electron chi connectivity index (χ3n) is 3.71. The number of nitrogens with zero attached hydrogens (tertiary/aromatic N) is 8. The Hall–Kier alpha value is -2.98. The molecule has 4 rings (SSSR count). The van der Waals surface area contributed by atoms with E-state index in [9.17, 15) is 8.78 Å². The van der Waals surface area contributed by atoms with E-state index >= 15 is 0 Å². The first-order chi connectivity index (χ1) is 13.1. The van der Waals surface area contributed by atoms with Gasteiger partial charge in [0.25, 0.3) is 0 Å². The average molecular weight is 409 g/mol. The molecule has 0 saturated heterocycles. The Kier molecular flexibility index (Phi) is 4.50. The van der Waals surface area contributed by atoms with Crippen molar-refractivity contribution in [2.45, 2.75) is 6.42 Å². The van der Waals surface area contributed by atoms with Crippen LogP contribution in [0.5, 0.6) is 0 Å². The first-order valence-electron chi connectivity index (χ1n) is 7.49. The Balaban J connectivity index is 1.74. The van der Waals surface area contributed by atoms with E-state index in [-0.39, 0.29) is 39.5 Å². The van der Waals surface area contributed by atoms with E-state index < -0.39 is 11.6 Å². The standard InChI is InChI=1S/C15H8Cl2F2N8/c16-8-5-6-11(15(19)14(8)17)27-13(21-23-25-27)7-12-20-22-24-26(12)10-4-2-1-3-9(10)18/h1-6H,7H2. The fraction of sp³-hybridized carbons (Fsp3) is 0.0667. The van der Waals surface area contributed by atoms with Crippen LogP contribution in [0.15, 0.2) is 36.4 Å². The molecule has 2 aromatic carbocycles. The summed E-state index contributed by atoms with van der Waals surface area (Å²) in [6, 6.07) is 8.84. The molecule has 0 bridgehead atoms. The molecular weight excluding hydrogens is 401 g/mol. The maximum absolute atomic E-state index is 14.5. The van der Waals surface area contributed by atoms with Gasteiger partial charge in [0.05, 0.1) is 16.5 Å². The number of halogens is 4. The maximum Gasteiger partial charge on any atom is 0.169 e. The minimum Gasteiger partial charge on any atom is -0.205 e. The lowest BCUT2D eigenvalue weighted by atomic mass is 10.2. The number of rotatable bonds is 4. The van der Waals surface area contributed by atoms with Crippen molar-refractivity contribution in [3.05, 3.63) is 69.7 Å². The van der Waals surface area contributed by atoms with Crippen LogP contribution in [0.25, 0.3) is 11.4 Å². The van der Waals surface area contributed by atoms with Crippen LogP contribution in [0.3, 0.4) is 0 Å². The van der Waals surface area contributed by atoms with Gasteiger partial charge in [-0.1, -0.05) is 35.3 Å². The predicted octanol–water partition coefficient (Wildman–Crippen LogP) is 2.81. The van der Waals surface area contributed by atoms with Gasteiger partial charge in [-0.3, -0.25) is 0 Å². The zero-order chi connectivity index (χ0) is 19.0. The zero-order valence-electron chi connectivity index (χ0n) is 13.3. The van der Waals surface area contributed by atoms with Crippen LogP contribution >= 0.6 is 23.2 Å². The molecule has 0 saturated carbocycles. The summed E-state index contributed by atoms with van der Waals surface area (Å²) < 4.78 is 30.9. The SMILES string of the molecule is Fc1ccccc1-n1nnnc1Cc1nnnn1-c1ccc(Cl)c(Cl)c1F. The van der Waals surface area contributed by atoms with E-state index in [1.54, 1.807) is 12.1 Å². The highest BCUT2D eigenvalue weighted by Crippen LogP contribution is 2.29. The molecule has 0 radical (unpaired) electrons. The normalized spacial score (nSPS) is 11.1. The largest absolute Gasteiger partial charge is 0.205 e. The van der Waals surface area contributed by atoms with Gasteiger partial charge < -0.3 is 0 Å². The van der Waals surface area contributed by atoms with Crippen molar-refractivity contribution < 1.29 is 8.78 Å². The first kappa shape index (κ1) is 17.4. The van der Waals surface area contributed by atoms with Crippen LogP contribution in [0.1, 0.15) is 11.6 Å². The van der Waals surface area contributed by atoms with Crippen molar-refractivity contribution in [2.24, 2.45) is 0 Å². The number of aromatic nitrogens is 8. The van der Waals surface area contributed by atoms with E-state index in [0.29, 0.717) is 0 Å². The molecule has 0 unspecified atom stereocenters. The highest BCUT2D eigenvalue weighted by Gasteiger charge is 2.20. The van der Waals surface area contributed by atoms with E-state index in [0.717, 1.165) is 4.68 Å². The van der Waals surface area contributed by atoms with Gasteiger partial charge in [0.15, 0.2) is 17.5 Å². The summed E-state index contributed by atoms with van der Waals surface area (Å²) in [6.07, 6.45) is 0.00796. The van der Waals surface area contributed by atoms with Gasteiger partial charge in [-0.15, -0.1) is 10.2 Å². The third kappa shape index (κ3) is 3.13. The predicted molar refractivity (Wildman–Crippen MR) is 91.1 cm³/mol. The van der Waals surface area contributed by atoms with Gasteiger partial charge in [0.2, 0.25) is 0 Å². The quantitative estimate of drug-likeness (QED) is 0.482. The topological polar surface area (TPSA) is 87.2 Å². The Morgan fingerprint density at radius 2 is 1.44 bits per heavy atom. The summed E-state index contributed by atoms with van der Waals surface area (Å²) >= 11 is 11.7. The number of hydrogen-bond acceptors (Lipinski definition) is 6. The first-order valence-corrected chi connectivity index (χ1v) is 8.25. The summed E-state index contributed by atoms with van der Waals surface area (Å²) in [5.74, 6) is -0.788. The summed E-state index contributed by atoms with van der Waals surface area (Å²) in [5.41, 5.74) is 0.173. The Bertz CT molecular complexity index is 1130. The van der Waals surface area contributed by atoms with E-state index in [1.807, 2.05) is 0 Å². The summed E-state index contributed by atoms with van der Waals surface area (Å²) in [4.78, 5) is 0. The fourth-order valence-electron chi connectivity index (χ4n) is 2.45. The van der Waals surface area contributed by atoms with E-state index in [1.165, 1.54) is 28.9 Å². The maximum atomic E-state index is 14.5. The van der Waals surface area contributed by atoms with Crippen LogP contribution in [-0.2, 0) is 6.42 Å². The number of para-hydroxylation sites is 1. The molecule has 4 aromatic rings. The second-order valence-electron chi connectivity index (χ2n) is 5.34. The molecule has 27 heavy (non-hydrogen) atoms.